The molecule has 1 fully saturated rings. The van der Waals surface area contributed by atoms with Crippen molar-refractivity contribution in [2.24, 2.45) is 11.8 Å². The molecule has 0 heterocycles. The molecule has 0 aromatic heterocycles. The van der Waals surface area contributed by atoms with Crippen LogP contribution in [0.5, 0.6) is 0 Å². The topological polar surface area (TPSA) is 43.4 Å². The second-order valence-corrected chi connectivity index (χ2v) is 4.99. The molecule has 0 spiro atoms. The first-order valence-corrected chi connectivity index (χ1v) is 6.54. The van der Waals surface area contributed by atoms with Crippen molar-refractivity contribution < 1.29 is 14.3 Å². The number of carbonyl (C=O) groups is 2. The van der Waals surface area contributed by atoms with E-state index in [1.165, 1.54) is 6.92 Å². The average molecular weight is 258 g/mol. The Labute approximate surface area is 113 Å². The van der Waals surface area contributed by atoms with Gasteiger partial charge in [0.15, 0.2) is 5.78 Å². The van der Waals surface area contributed by atoms with Gasteiger partial charge in [-0.05, 0) is 37.3 Å². The first-order valence-electron chi connectivity index (χ1n) is 6.54. The fraction of sp³-hybridized carbons (Fsp3) is 0.375. The van der Waals surface area contributed by atoms with Gasteiger partial charge < -0.3 is 4.74 Å². The van der Waals surface area contributed by atoms with Crippen LogP contribution in [0.1, 0.15) is 25.3 Å². The lowest BCUT2D eigenvalue weighted by atomic mass is 9.75. The fourth-order valence-electron chi connectivity index (χ4n) is 2.13. The quantitative estimate of drug-likeness (QED) is 0.602. The van der Waals surface area contributed by atoms with Crippen molar-refractivity contribution in [2.45, 2.75) is 26.4 Å². The van der Waals surface area contributed by atoms with Crippen LogP contribution < -0.4 is 0 Å². The minimum atomic E-state index is -0.128. The van der Waals surface area contributed by atoms with Crippen molar-refractivity contribution in [3.63, 3.8) is 0 Å². The zero-order chi connectivity index (χ0) is 13.7. The van der Waals surface area contributed by atoms with Gasteiger partial charge >= 0.3 is 5.97 Å². The summed E-state index contributed by atoms with van der Waals surface area (Å²) in [5, 5.41) is 0. The van der Waals surface area contributed by atoms with E-state index >= 15 is 0 Å². The highest BCUT2D eigenvalue weighted by molar-refractivity contribution is 5.87. The molecule has 3 nitrogen and oxygen atoms in total. The van der Waals surface area contributed by atoms with Gasteiger partial charge in [-0.3, -0.25) is 9.59 Å². The van der Waals surface area contributed by atoms with Crippen molar-refractivity contribution in [1.29, 1.82) is 0 Å². The van der Waals surface area contributed by atoms with Gasteiger partial charge in [0, 0.05) is 0 Å². The highest BCUT2D eigenvalue weighted by Crippen LogP contribution is 2.35. The maximum Gasteiger partial charge on any atom is 0.309 e. The normalized spacial score (nSPS) is 21.9. The van der Waals surface area contributed by atoms with Gasteiger partial charge in [-0.2, -0.15) is 0 Å². The number of allylic oxidation sites excluding steroid dienone is 2. The summed E-state index contributed by atoms with van der Waals surface area (Å²) in [7, 11) is 0. The van der Waals surface area contributed by atoms with E-state index in [1.807, 2.05) is 36.4 Å². The molecule has 0 aliphatic heterocycles. The maximum absolute atomic E-state index is 11.8. The van der Waals surface area contributed by atoms with E-state index in [4.69, 9.17) is 4.74 Å². The second kappa shape index (κ2) is 6.32. The lowest BCUT2D eigenvalue weighted by Crippen LogP contribution is -2.30. The SMILES string of the molecule is CC(=O)C=CC1CC(C(=O)OCc2ccccc2)C1. The Morgan fingerprint density at radius 3 is 2.58 bits per heavy atom. The van der Waals surface area contributed by atoms with Crippen LogP contribution in [-0.4, -0.2) is 11.8 Å². The van der Waals surface area contributed by atoms with Gasteiger partial charge in [0.2, 0.25) is 0 Å². The zero-order valence-corrected chi connectivity index (χ0v) is 11.0. The molecule has 0 atom stereocenters. The highest BCUT2D eigenvalue weighted by atomic mass is 16.5. The van der Waals surface area contributed by atoms with Gasteiger partial charge in [-0.25, -0.2) is 0 Å². The Balaban J connectivity index is 1.70. The number of benzene rings is 1. The number of hydrogen-bond acceptors (Lipinski definition) is 3. The minimum Gasteiger partial charge on any atom is -0.461 e. The molecule has 1 saturated carbocycles. The van der Waals surface area contributed by atoms with E-state index in [2.05, 4.69) is 0 Å². The summed E-state index contributed by atoms with van der Waals surface area (Å²) in [5.74, 6) is 0.259. The van der Waals surface area contributed by atoms with E-state index in [-0.39, 0.29) is 17.7 Å². The van der Waals surface area contributed by atoms with Crippen molar-refractivity contribution in [2.75, 3.05) is 0 Å². The van der Waals surface area contributed by atoms with E-state index in [0.717, 1.165) is 18.4 Å². The van der Waals surface area contributed by atoms with E-state index < -0.39 is 0 Å². The van der Waals surface area contributed by atoms with Crippen LogP contribution in [0, 0.1) is 11.8 Å². The Hall–Kier alpha value is -1.90. The van der Waals surface area contributed by atoms with Crippen LogP contribution in [0.4, 0.5) is 0 Å². The molecule has 0 amide bonds. The number of hydrogen-bond donors (Lipinski definition) is 0. The number of rotatable bonds is 5. The average Bonchev–Trinajstić information content (AvgIpc) is 2.35. The Morgan fingerprint density at radius 2 is 1.95 bits per heavy atom. The molecule has 0 unspecified atom stereocenters. The fourth-order valence-corrected chi connectivity index (χ4v) is 2.13. The summed E-state index contributed by atoms with van der Waals surface area (Å²) in [4.78, 5) is 22.6. The van der Waals surface area contributed by atoms with Gasteiger partial charge in [0.1, 0.15) is 6.61 Å². The third-order valence-corrected chi connectivity index (χ3v) is 3.33. The monoisotopic (exact) mass is 258 g/mol. The molecular weight excluding hydrogens is 240 g/mol. The van der Waals surface area contributed by atoms with Gasteiger partial charge in [0.05, 0.1) is 5.92 Å². The molecule has 1 aliphatic rings. The summed E-state index contributed by atoms with van der Waals surface area (Å²) in [5.41, 5.74) is 1.00. The summed E-state index contributed by atoms with van der Waals surface area (Å²) in [6, 6.07) is 9.66. The van der Waals surface area contributed by atoms with Crippen LogP contribution in [-0.2, 0) is 20.9 Å². The highest BCUT2D eigenvalue weighted by Gasteiger charge is 2.34. The molecule has 2 rings (SSSR count). The third-order valence-electron chi connectivity index (χ3n) is 3.33. The number of esters is 1. The van der Waals surface area contributed by atoms with Crippen LogP contribution in [0.2, 0.25) is 0 Å². The van der Waals surface area contributed by atoms with Gasteiger partial charge in [0.25, 0.3) is 0 Å². The number of ether oxygens (including phenoxy) is 1. The molecule has 19 heavy (non-hydrogen) atoms. The predicted molar refractivity (Wildman–Crippen MR) is 72.3 cm³/mol. The number of carbonyl (C=O) groups excluding carboxylic acids is 2. The summed E-state index contributed by atoms with van der Waals surface area (Å²) >= 11 is 0. The molecule has 3 heteroatoms. The predicted octanol–water partition coefficient (Wildman–Crippen LogP) is 2.90. The van der Waals surface area contributed by atoms with Crippen LogP contribution in [0.25, 0.3) is 0 Å². The molecule has 0 bridgehead atoms. The third kappa shape index (κ3) is 4.05. The van der Waals surface area contributed by atoms with Crippen molar-refractivity contribution in [3.05, 3.63) is 48.0 Å². The summed E-state index contributed by atoms with van der Waals surface area (Å²) in [6.07, 6.45) is 5.05. The molecule has 0 saturated heterocycles. The molecule has 1 aliphatic carbocycles. The molecular formula is C16H18O3. The van der Waals surface area contributed by atoms with Gasteiger partial charge in [-0.15, -0.1) is 0 Å². The van der Waals surface area contributed by atoms with Crippen molar-refractivity contribution >= 4 is 11.8 Å². The van der Waals surface area contributed by atoms with Crippen molar-refractivity contribution in [3.8, 4) is 0 Å². The molecule has 0 N–H and O–H groups in total. The molecule has 100 valence electrons. The van der Waals surface area contributed by atoms with E-state index in [0.29, 0.717) is 12.5 Å². The largest absolute Gasteiger partial charge is 0.461 e. The molecule has 0 radical (unpaired) electrons. The Bertz CT molecular complexity index is 470. The Kier molecular flexibility index (Phi) is 4.50. The van der Waals surface area contributed by atoms with Crippen LogP contribution >= 0.6 is 0 Å². The maximum atomic E-state index is 11.8. The van der Waals surface area contributed by atoms with E-state index in [9.17, 15) is 9.59 Å². The smallest absolute Gasteiger partial charge is 0.309 e. The van der Waals surface area contributed by atoms with Crippen LogP contribution in [0.15, 0.2) is 42.5 Å². The molecule has 1 aromatic carbocycles. The molecule has 1 aromatic rings. The lowest BCUT2D eigenvalue weighted by molar-refractivity contribution is -0.154. The first-order chi connectivity index (χ1) is 9.15. The first kappa shape index (κ1) is 13.5. The number of ketones is 1. The summed E-state index contributed by atoms with van der Waals surface area (Å²) < 4.78 is 5.28. The zero-order valence-electron chi connectivity index (χ0n) is 11.0. The van der Waals surface area contributed by atoms with Crippen molar-refractivity contribution in [1.82, 2.24) is 0 Å². The lowest BCUT2D eigenvalue weighted by Gasteiger charge is -2.31. The standard InChI is InChI=1S/C16H18O3/c1-12(17)7-8-14-9-15(10-14)16(18)19-11-13-5-3-2-4-6-13/h2-8,14-15H,9-11H2,1H3. The van der Waals surface area contributed by atoms with E-state index in [1.54, 1.807) is 6.08 Å². The van der Waals surface area contributed by atoms with Gasteiger partial charge in [-0.1, -0.05) is 36.4 Å². The minimum absolute atomic E-state index is 0.00896. The Morgan fingerprint density at radius 1 is 1.26 bits per heavy atom. The van der Waals surface area contributed by atoms with Crippen LogP contribution in [0.3, 0.4) is 0 Å². The summed E-state index contributed by atoms with van der Waals surface area (Å²) in [6.45, 7) is 1.87. The second-order valence-electron chi connectivity index (χ2n) is 4.99.